The second-order valence-electron chi connectivity index (χ2n) is 8.22. The Kier molecular flexibility index (Phi) is 6.76. The quantitative estimate of drug-likeness (QED) is 0.441. The van der Waals surface area contributed by atoms with Gasteiger partial charge in [-0.1, -0.05) is 22.0 Å². The van der Waals surface area contributed by atoms with Gasteiger partial charge in [-0.15, -0.1) is 0 Å². The van der Waals surface area contributed by atoms with Crippen molar-refractivity contribution < 1.29 is 18.7 Å². The Labute approximate surface area is 201 Å². The summed E-state index contributed by atoms with van der Waals surface area (Å²) >= 11 is 3.43. The minimum Gasteiger partial charge on any atom is -0.493 e. The lowest BCUT2D eigenvalue weighted by Crippen LogP contribution is -2.32. The first-order chi connectivity index (χ1) is 15.8. The minimum atomic E-state index is -0.570. The Bertz CT molecular complexity index is 1250. The summed E-state index contributed by atoms with van der Waals surface area (Å²) in [6, 6.07) is 10.2. The summed E-state index contributed by atoms with van der Waals surface area (Å²) in [5.74, 6) is 0.999. The van der Waals surface area contributed by atoms with Crippen molar-refractivity contribution in [2.75, 3.05) is 40.9 Å². The third-order valence-corrected chi connectivity index (χ3v) is 6.23. The summed E-state index contributed by atoms with van der Waals surface area (Å²) in [6.45, 7) is 3.71. The zero-order chi connectivity index (χ0) is 23.7. The van der Waals surface area contributed by atoms with Crippen LogP contribution in [0.2, 0.25) is 0 Å². The molecule has 2 heterocycles. The summed E-state index contributed by atoms with van der Waals surface area (Å²) in [4.78, 5) is 30.9. The van der Waals surface area contributed by atoms with Gasteiger partial charge < -0.3 is 23.7 Å². The van der Waals surface area contributed by atoms with Crippen LogP contribution in [0.15, 0.2) is 50.1 Å². The Balaban J connectivity index is 1.88. The smallest absolute Gasteiger partial charge is 0.290 e. The van der Waals surface area contributed by atoms with E-state index in [1.165, 1.54) is 0 Å². The van der Waals surface area contributed by atoms with Gasteiger partial charge in [0.1, 0.15) is 5.58 Å². The van der Waals surface area contributed by atoms with Crippen LogP contribution in [0.25, 0.3) is 11.0 Å². The lowest BCUT2D eigenvalue weighted by Gasteiger charge is -2.26. The molecule has 0 bridgehead atoms. The van der Waals surface area contributed by atoms with E-state index in [0.717, 1.165) is 23.0 Å². The maximum Gasteiger partial charge on any atom is 0.290 e. The van der Waals surface area contributed by atoms with Crippen LogP contribution in [-0.4, -0.2) is 56.6 Å². The van der Waals surface area contributed by atoms with E-state index < -0.39 is 6.04 Å². The number of hydrogen-bond donors (Lipinski definition) is 0. The van der Waals surface area contributed by atoms with E-state index in [4.69, 9.17) is 13.9 Å². The van der Waals surface area contributed by atoms with Crippen molar-refractivity contribution in [1.29, 1.82) is 0 Å². The molecule has 33 heavy (non-hydrogen) atoms. The van der Waals surface area contributed by atoms with Crippen LogP contribution in [0, 0.1) is 0 Å². The van der Waals surface area contributed by atoms with Gasteiger partial charge in [0.05, 0.1) is 30.7 Å². The molecule has 3 aromatic rings. The molecule has 0 radical (unpaired) electrons. The van der Waals surface area contributed by atoms with Crippen molar-refractivity contribution in [1.82, 2.24) is 9.80 Å². The number of carbonyl (C=O) groups excluding carboxylic acids is 1. The molecule has 0 spiro atoms. The molecule has 1 aromatic heterocycles. The second-order valence-corrected chi connectivity index (χ2v) is 9.13. The first-order valence-corrected chi connectivity index (χ1v) is 11.7. The topological polar surface area (TPSA) is 72.2 Å². The highest BCUT2D eigenvalue weighted by Crippen LogP contribution is 2.41. The van der Waals surface area contributed by atoms with Gasteiger partial charge in [0, 0.05) is 11.0 Å². The second kappa shape index (κ2) is 9.57. The van der Waals surface area contributed by atoms with Crippen molar-refractivity contribution in [3.63, 3.8) is 0 Å². The van der Waals surface area contributed by atoms with Gasteiger partial charge in [-0.05, 0) is 69.9 Å². The molecule has 0 saturated carbocycles. The summed E-state index contributed by atoms with van der Waals surface area (Å²) in [5.41, 5.74) is 1.33. The molecule has 2 aromatic carbocycles. The third-order valence-electron chi connectivity index (χ3n) is 5.74. The monoisotopic (exact) mass is 514 g/mol. The molecule has 0 aliphatic carbocycles. The summed E-state index contributed by atoms with van der Waals surface area (Å²) in [5, 5.41) is 0.439. The number of amides is 1. The third kappa shape index (κ3) is 4.37. The van der Waals surface area contributed by atoms with Crippen LogP contribution in [0.1, 0.15) is 41.1 Å². The predicted molar refractivity (Wildman–Crippen MR) is 130 cm³/mol. The zero-order valence-corrected chi connectivity index (χ0v) is 20.8. The lowest BCUT2D eigenvalue weighted by atomic mass is 9.98. The molecule has 4 rings (SSSR count). The number of nitrogens with zero attached hydrogens (tertiary/aromatic N) is 2. The highest BCUT2D eigenvalue weighted by Gasteiger charge is 2.42. The minimum absolute atomic E-state index is 0.109. The molecule has 1 atom stereocenters. The van der Waals surface area contributed by atoms with Crippen LogP contribution < -0.4 is 14.9 Å². The van der Waals surface area contributed by atoms with Crippen LogP contribution >= 0.6 is 15.9 Å². The molecule has 1 aliphatic heterocycles. The molecule has 1 amide bonds. The molecule has 0 saturated heterocycles. The van der Waals surface area contributed by atoms with Crippen molar-refractivity contribution >= 4 is 32.8 Å². The normalized spacial score (nSPS) is 15.4. The van der Waals surface area contributed by atoms with Crippen molar-refractivity contribution in [2.45, 2.75) is 19.4 Å². The van der Waals surface area contributed by atoms with E-state index in [0.29, 0.717) is 41.2 Å². The SMILES string of the molecule is CCOc1ccc(C2c3c(oc4ccc(Br)cc4c3=O)C(=O)N2CCCN(C)C)cc1OC. The van der Waals surface area contributed by atoms with Crippen LogP contribution in [0.5, 0.6) is 11.5 Å². The van der Waals surface area contributed by atoms with E-state index in [9.17, 15) is 9.59 Å². The number of hydrogen-bond acceptors (Lipinski definition) is 6. The number of methoxy groups -OCH3 is 1. The van der Waals surface area contributed by atoms with Gasteiger partial charge in [-0.25, -0.2) is 0 Å². The van der Waals surface area contributed by atoms with Crippen LogP contribution in [-0.2, 0) is 0 Å². The number of rotatable bonds is 8. The highest BCUT2D eigenvalue weighted by molar-refractivity contribution is 9.10. The predicted octanol–water partition coefficient (Wildman–Crippen LogP) is 4.46. The van der Waals surface area contributed by atoms with E-state index in [2.05, 4.69) is 20.8 Å². The maximum atomic E-state index is 13.6. The van der Waals surface area contributed by atoms with E-state index >= 15 is 0 Å². The van der Waals surface area contributed by atoms with Gasteiger partial charge in [-0.3, -0.25) is 9.59 Å². The van der Waals surface area contributed by atoms with Crippen molar-refractivity contribution in [3.8, 4) is 11.5 Å². The fourth-order valence-electron chi connectivity index (χ4n) is 4.26. The fraction of sp³-hybridized carbons (Fsp3) is 0.360. The molecular formula is C25H27BrN2O5. The molecule has 1 aliphatic rings. The first kappa shape index (κ1) is 23.3. The Morgan fingerprint density at radius 1 is 1.12 bits per heavy atom. The Morgan fingerprint density at radius 3 is 2.61 bits per heavy atom. The standard InChI is InChI=1S/C25H27BrN2O5/c1-5-32-19-9-7-15(13-20(19)31-4)22-21-23(29)17-14-16(26)8-10-18(17)33-24(21)25(30)28(22)12-6-11-27(2)3/h7-10,13-14,22H,5-6,11-12H2,1-4H3. The van der Waals surface area contributed by atoms with E-state index in [-0.39, 0.29) is 17.1 Å². The number of ether oxygens (including phenoxy) is 2. The lowest BCUT2D eigenvalue weighted by molar-refractivity contribution is 0.0722. The van der Waals surface area contributed by atoms with E-state index in [1.54, 1.807) is 30.2 Å². The fourth-order valence-corrected chi connectivity index (χ4v) is 4.62. The average molecular weight is 515 g/mol. The number of fused-ring (bicyclic) bond motifs is 2. The van der Waals surface area contributed by atoms with Gasteiger partial charge >= 0.3 is 0 Å². The Hall–Kier alpha value is -2.84. The van der Waals surface area contributed by atoms with Crippen LogP contribution in [0.3, 0.4) is 0 Å². The van der Waals surface area contributed by atoms with Gasteiger partial charge in [0.2, 0.25) is 5.76 Å². The highest BCUT2D eigenvalue weighted by atomic mass is 79.9. The molecule has 1 unspecified atom stereocenters. The molecule has 174 valence electrons. The molecule has 8 heteroatoms. The van der Waals surface area contributed by atoms with Gasteiger partial charge in [-0.2, -0.15) is 0 Å². The van der Waals surface area contributed by atoms with Crippen molar-refractivity contribution in [2.24, 2.45) is 0 Å². The Morgan fingerprint density at radius 2 is 1.91 bits per heavy atom. The van der Waals surface area contributed by atoms with Gasteiger partial charge in [0.15, 0.2) is 16.9 Å². The average Bonchev–Trinajstić information content (AvgIpc) is 3.06. The number of carbonyl (C=O) groups is 1. The molecule has 0 N–H and O–H groups in total. The number of benzene rings is 2. The molecule has 7 nitrogen and oxygen atoms in total. The number of halogens is 1. The first-order valence-electron chi connectivity index (χ1n) is 10.9. The summed E-state index contributed by atoms with van der Waals surface area (Å²) in [6.07, 6.45) is 0.761. The van der Waals surface area contributed by atoms with Crippen molar-refractivity contribution in [3.05, 3.63) is 68.0 Å². The van der Waals surface area contributed by atoms with Gasteiger partial charge in [0.25, 0.3) is 5.91 Å². The summed E-state index contributed by atoms with van der Waals surface area (Å²) < 4.78 is 18.0. The molecular weight excluding hydrogens is 488 g/mol. The maximum absolute atomic E-state index is 13.6. The largest absolute Gasteiger partial charge is 0.493 e. The summed E-state index contributed by atoms with van der Waals surface area (Å²) in [7, 11) is 5.56. The molecule has 0 fully saturated rings. The van der Waals surface area contributed by atoms with Crippen LogP contribution in [0.4, 0.5) is 0 Å². The van der Waals surface area contributed by atoms with E-state index in [1.807, 2.05) is 39.2 Å². The zero-order valence-electron chi connectivity index (χ0n) is 19.2.